The molecule has 3 heterocycles. The summed E-state index contributed by atoms with van der Waals surface area (Å²) in [4.78, 5) is 45.3. The summed E-state index contributed by atoms with van der Waals surface area (Å²) in [7, 11) is 0. The van der Waals surface area contributed by atoms with Crippen LogP contribution in [0.4, 0.5) is 11.5 Å². The molecule has 2 aliphatic heterocycles. The van der Waals surface area contributed by atoms with E-state index >= 15 is 0 Å². The van der Waals surface area contributed by atoms with E-state index < -0.39 is 0 Å². The van der Waals surface area contributed by atoms with E-state index in [1.54, 1.807) is 25.1 Å². The number of fused-ring (bicyclic) bond motifs is 1. The fraction of sp³-hybridized carbons (Fsp3) is 0.417. The molecular formula is C24H28N4O6. The van der Waals surface area contributed by atoms with Crippen molar-refractivity contribution in [2.75, 3.05) is 56.3 Å². The van der Waals surface area contributed by atoms with Gasteiger partial charge in [0.05, 0.1) is 24.4 Å². The van der Waals surface area contributed by atoms with Gasteiger partial charge < -0.3 is 24.4 Å². The van der Waals surface area contributed by atoms with E-state index in [9.17, 15) is 14.4 Å². The van der Waals surface area contributed by atoms with E-state index in [2.05, 4.69) is 20.1 Å². The number of benzene rings is 1. The van der Waals surface area contributed by atoms with E-state index in [0.29, 0.717) is 48.0 Å². The number of esters is 1. The Kier molecular flexibility index (Phi) is 7.27. The van der Waals surface area contributed by atoms with E-state index in [1.807, 2.05) is 6.07 Å². The normalized spacial score (nSPS) is 15.5. The number of hydrogen-bond donors (Lipinski definition) is 1. The summed E-state index contributed by atoms with van der Waals surface area (Å²) >= 11 is 0. The van der Waals surface area contributed by atoms with Crippen LogP contribution in [-0.4, -0.2) is 73.7 Å². The molecule has 2 aromatic rings. The molecule has 1 amide bonds. The molecule has 10 heteroatoms. The summed E-state index contributed by atoms with van der Waals surface area (Å²) in [5.74, 6) is 1.04. The first-order chi connectivity index (χ1) is 16.4. The highest BCUT2D eigenvalue weighted by Crippen LogP contribution is 2.37. The van der Waals surface area contributed by atoms with Crippen LogP contribution in [0.1, 0.15) is 41.0 Å². The minimum Gasteiger partial charge on any atom is -0.462 e. The van der Waals surface area contributed by atoms with Crippen molar-refractivity contribution >= 4 is 29.2 Å². The van der Waals surface area contributed by atoms with Gasteiger partial charge >= 0.3 is 5.97 Å². The number of hydrogen-bond acceptors (Lipinski definition) is 9. The van der Waals surface area contributed by atoms with E-state index in [1.165, 1.54) is 13.1 Å². The lowest BCUT2D eigenvalue weighted by atomic mass is 10.1. The van der Waals surface area contributed by atoms with Crippen LogP contribution in [0.15, 0.2) is 30.5 Å². The lowest BCUT2D eigenvalue weighted by molar-refractivity contribution is -0.117. The van der Waals surface area contributed by atoms with Gasteiger partial charge in [0, 0.05) is 44.0 Å². The second kappa shape index (κ2) is 10.5. The van der Waals surface area contributed by atoms with Gasteiger partial charge in [-0.3, -0.25) is 14.5 Å². The fourth-order valence-electron chi connectivity index (χ4n) is 4.00. The topological polar surface area (TPSA) is 110 Å². The highest BCUT2D eigenvalue weighted by Gasteiger charge is 2.22. The molecule has 1 aromatic carbocycles. The maximum Gasteiger partial charge on any atom is 0.339 e. The number of Topliss-reactive ketones (excluding diaryl/α,β-unsaturated/α-hetero) is 1. The zero-order valence-corrected chi connectivity index (χ0v) is 19.3. The number of nitrogens with one attached hydrogen (secondary N) is 1. The summed E-state index contributed by atoms with van der Waals surface area (Å²) in [6, 6.07) is 6.77. The SMILES string of the molecule is CCOC(=O)c1ccc(N2CCCN(CC(=O)Nc3cc4c(cc3C(C)=O)OCO4)CC2)nc1. The van der Waals surface area contributed by atoms with Crippen molar-refractivity contribution in [2.45, 2.75) is 20.3 Å². The van der Waals surface area contributed by atoms with Crippen LogP contribution in [0.5, 0.6) is 11.5 Å². The van der Waals surface area contributed by atoms with Crippen molar-refractivity contribution in [1.29, 1.82) is 0 Å². The maximum absolute atomic E-state index is 12.8. The predicted molar refractivity (Wildman–Crippen MR) is 125 cm³/mol. The Labute approximate surface area is 197 Å². The predicted octanol–water partition coefficient (Wildman–Crippen LogP) is 2.34. The third-order valence-electron chi connectivity index (χ3n) is 5.70. The standard InChI is InChI=1S/C24H28N4O6/c1-3-32-24(31)17-5-6-22(25-13-17)28-8-4-7-27(9-10-28)14-23(30)26-19-12-21-20(33-15-34-21)11-18(19)16(2)29/h5-6,11-13H,3-4,7-10,14-15H2,1-2H3,(H,26,30). The van der Waals surface area contributed by atoms with Gasteiger partial charge in [-0.15, -0.1) is 0 Å². The molecule has 34 heavy (non-hydrogen) atoms. The molecule has 10 nitrogen and oxygen atoms in total. The van der Waals surface area contributed by atoms with Gasteiger partial charge in [0.25, 0.3) is 0 Å². The van der Waals surface area contributed by atoms with Gasteiger partial charge in [-0.05, 0) is 38.5 Å². The van der Waals surface area contributed by atoms with Crippen molar-refractivity contribution in [2.24, 2.45) is 0 Å². The van der Waals surface area contributed by atoms with Crippen molar-refractivity contribution < 1.29 is 28.6 Å². The largest absolute Gasteiger partial charge is 0.462 e. The molecule has 180 valence electrons. The summed E-state index contributed by atoms with van der Waals surface area (Å²) in [5.41, 5.74) is 1.23. The number of amides is 1. The van der Waals surface area contributed by atoms with Crippen LogP contribution in [0.2, 0.25) is 0 Å². The number of ketones is 1. The molecule has 0 saturated carbocycles. The first kappa shape index (κ1) is 23.5. The number of nitrogens with zero attached hydrogens (tertiary/aromatic N) is 3. The Balaban J connectivity index is 1.34. The van der Waals surface area contributed by atoms with Crippen LogP contribution in [-0.2, 0) is 9.53 Å². The zero-order valence-electron chi connectivity index (χ0n) is 19.3. The quantitative estimate of drug-likeness (QED) is 0.483. The number of pyridine rings is 1. The van der Waals surface area contributed by atoms with Gasteiger partial charge in [-0.2, -0.15) is 0 Å². The van der Waals surface area contributed by atoms with Gasteiger partial charge in [-0.1, -0.05) is 0 Å². The molecule has 0 atom stereocenters. The number of carbonyl (C=O) groups excluding carboxylic acids is 3. The Morgan fingerprint density at radius 2 is 1.88 bits per heavy atom. The molecule has 1 saturated heterocycles. The second-order valence-electron chi connectivity index (χ2n) is 8.10. The monoisotopic (exact) mass is 468 g/mol. The Morgan fingerprint density at radius 1 is 1.09 bits per heavy atom. The van der Waals surface area contributed by atoms with E-state index in [0.717, 1.165) is 25.3 Å². The number of ether oxygens (including phenoxy) is 3. The Morgan fingerprint density at radius 3 is 2.59 bits per heavy atom. The fourth-order valence-corrected chi connectivity index (χ4v) is 4.00. The molecule has 0 radical (unpaired) electrons. The third kappa shape index (κ3) is 5.45. The highest BCUT2D eigenvalue weighted by atomic mass is 16.7. The number of anilines is 2. The number of carbonyl (C=O) groups is 3. The molecule has 1 N–H and O–H groups in total. The maximum atomic E-state index is 12.8. The van der Waals surface area contributed by atoms with Crippen LogP contribution in [0.25, 0.3) is 0 Å². The highest BCUT2D eigenvalue weighted by molar-refractivity contribution is 6.05. The number of rotatable bonds is 7. The van der Waals surface area contributed by atoms with E-state index in [4.69, 9.17) is 14.2 Å². The molecule has 4 rings (SSSR count). The molecule has 1 fully saturated rings. The molecule has 0 unspecified atom stereocenters. The summed E-state index contributed by atoms with van der Waals surface area (Å²) in [6.07, 6.45) is 2.39. The average Bonchev–Trinajstić information content (AvgIpc) is 3.15. The second-order valence-corrected chi connectivity index (χ2v) is 8.10. The van der Waals surface area contributed by atoms with Crippen LogP contribution in [0, 0.1) is 0 Å². The first-order valence-corrected chi connectivity index (χ1v) is 11.3. The smallest absolute Gasteiger partial charge is 0.339 e. The molecule has 1 aromatic heterocycles. The average molecular weight is 469 g/mol. The minimum atomic E-state index is -0.384. The molecule has 0 bridgehead atoms. The first-order valence-electron chi connectivity index (χ1n) is 11.3. The van der Waals surface area contributed by atoms with Crippen molar-refractivity contribution in [3.63, 3.8) is 0 Å². The minimum absolute atomic E-state index is 0.0920. The van der Waals surface area contributed by atoms with Crippen LogP contribution in [0.3, 0.4) is 0 Å². The number of aromatic nitrogens is 1. The Hall–Kier alpha value is -3.66. The van der Waals surface area contributed by atoms with Crippen molar-refractivity contribution in [3.05, 3.63) is 41.6 Å². The third-order valence-corrected chi connectivity index (χ3v) is 5.70. The molecule has 0 spiro atoms. The zero-order chi connectivity index (χ0) is 24.1. The van der Waals surface area contributed by atoms with E-state index in [-0.39, 0.29) is 31.0 Å². The summed E-state index contributed by atoms with van der Waals surface area (Å²) < 4.78 is 15.7. The lowest BCUT2D eigenvalue weighted by Crippen LogP contribution is -2.36. The molecule has 2 aliphatic rings. The van der Waals surface area contributed by atoms with Crippen LogP contribution < -0.4 is 19.7 Å². The summed E-state index contributed by atoms with van der Waals surface area (Å²) in [6.45, 7) is 6.75. The lowest BCUT2D eigenvalue weighted by Gasteiger charge is -2.22. The molecular weight excluding hydrogens is 440 g/mol. The Bertz CT molecular complexity index is 1070. The van der Waals surface area contributed by atoms with Crippen molar-refractivity contribution in [1.82, 2.24) is 9.88 Å². The van der Waals surface area contributed by atoms with Gasteiger partial charge in [0.2, 0.25) is 12.7 Å². The van der Waals surface area contributed by atoms with Gasteiger partial charge in [-0.25, -0.2) is 9.78 Å². The van der Waals surface area contributed by atoms with Gasteiger partial charge in [0.1, 0.15) is 5.82 Å². The van der Waals surface area contributed by atoms with Crippen LogP contribution >= 0.6 is 0 Å². The molecule has 0 aliphatic carbocycles. The van der Waals surface area contributed by atoms with Crippen molar-refractivity contribution in [3.8, 4) is 11.5 Å². The van der Waals surface area contributed by atoms with Gasteiger partial charge in [0.15, 0.2) is 17.3 Å². The summed E-state index contributed by atoms with van der Waals surface area (Å²) in [5, 5.41) is 2.85.